The lowest BCUT2D eigenvalue weighted by atomic mass is 9.89. The highest BCUT2D eigenvalue weighted by molar-refractivity contribution is 6.07. The molecule has 1 aliphatic heterocycles. The van der Waals surface area contributed by atoms with Crippen LogP contribution in [0.3, 0.4) is 0 Å². The maximum atomic E-state index is 12.7. The summed E-state index contributed by atoms with van der Waals surface area (Å²) < 4.78 is 5.27. The highest BCUT2D eigenvalue weighted by Crippen LogP contribution is 2.41. The number of benzene rings is 3. The van der Waals surface area contributed by atoms with E-state index in [1.165, 1.54) is 6.92 Å². The summed E-state index contributed by atoms with van der Waals surface area (Å²) in [5.41, 5.74) is 1.75. The van der Waals surface area contributed by atoms with Crippen molar-refractivity contribution in [2.24, 2.45) is 0 Å². The van der Waals surface area contributed by atoms with Crippen molar-refractivity contribution < 1.29 is 14.3 Å². The fourth-order valence-corrected chi connectivity index (χ4v) is 3.34. The molecule has 0 saturated carbocycles. The van der Waals surface area contributed by atoms with Crippen molar-refractivity contribution in [1.82, 2.24) is 0 Å². The fourth-order valence-electron chi connectivity index (χ4n) is 3.34. The first-order valence-electron chi connectivity index (χ1n) is 8.19. The van der Waals surface area contributed by atoms with E-state index in [1.807, 2.05) is 72.8 Å². The monoisotopic (exact) mass is 331 g/mol. The highest BCUT2D eigenvalue weighted by atomic mass is 16.6. The predicted octanol–water partition coefficient (Wildman–Crippen LogP) is 3.86. The molecule has 3 aromatic carbocycles. The zero-order chi connectivity index (χ0) is 17.4. The third kappa shape index (κ3) is 2.66. The van der Waals surface area contributed by atoms with Crippen LogP contribution in [0.25, 0.3) is 10.8 Å². The van der Waals surface area contributed by atoms with Gasteiger partial charge in [0, 0.05) is 12.6 Å². The number of rotatable bonds is 3. The lowest BCUT2D eigenvalue weighted by Crippen LogP contribution is -2.60. The van der Waals surface area contributed by atoms with Gasteiger partial charge in [-0.3, -0.25) is 14.5 Å². The molecule has 4 rings (SSSR count). The zero-order valence-corrected chi connectivity index (χ0v) is 13.8. The minimum atomic E-state index is -0.772. The number of β-lactam (4-membered cyclic amide) rings is 1. The third-order valence-electron chi connectivity index (χ3n) is 4.49. The van der Waals surface area contributed by atoms with E-state index in [0.717, 1.165) is 22.0 Å². The van der Waals surface area contributed by atoms with Crippen LogP contribution in [0.5, 0.6) is 0 Å². The first-order valence-corrected chi connectivity index (χ1v) is 8.19. The molecule has 25 heavy (non-hydrogen) atoms. The second-order valence-electron chi connectivity index (χ2n) is 6.13. The standard InChI is InChI=1S/C21H17NO3/c1-14(23)25-20-19(16-8-3-2-4-9-16)22(21(20)24)18-12-11-15-7-5-6-10-17(15)13-18/h2-13,19-20H,1H3/t19-,20-/m1/s1. The van der Waals surface area contributed by atoms with Crippen molar-refractivity contribution in [3.05, 3.63) is 78.4 Å². The molecule has 1 heterocycles. The Hall–Kier alpha value is -3.14. The van der Waals surface area contributed by atoms with E-state index in [9.17, 15) is 9.59 Å². The number of fused-ring (bicyclic) bond motifs is 1. The molecule has 4 nitrogen and oxygen atoms in total. The molecule has 0 spiro atoms. The summed E-state index contributed by atoms with van der Waals surface area (Å²) in [6.45, 7) is 1.33. The molecule has 1 aliphatic rings. The third-order valence-corrected chi connectivity index (χ3v) is 4.49. The lowest BCUT2D eigenvalue weighted by Gasteiger charge is -2.46. The van der Waals surface area contributed by atoms with Crippen LogP contribution >= 0.6 is 0 Å². The normalized spacial score (nSPS) is 19.6. The summed E-state index contributed by atoms with van der Waals surface area (Å²) in [5, 5.41) is 2.18. The van der Waals surface area contributed by atoms with Gasteiger partial charge in [0.1, 0.15) is 6.04 Å². The van der Waals surface area contributed by atoms with Gasteiger partial charge in [-0.2, -0.15) is 0 Å². The quantitative estimate of drug-likeness (QED) is 0.541. The van der Waals surface area contributed by atoms with Crippen molar-refractivity contribution in [2.75, 3.05) is 4.90 Å². The Kier molecular flexibility index (Phi) is 3.73. The number of anilines is 1. The van der Waals surface area contributed by atoms with E-state index in [4.69, 9.17) is 4.74 Å². The van der Waals surface area contributed by atoms with Crippen LogP contribution in [0.2, 0.25) is 0 Å². The van der Waals surface area contributed by atoms with Gasteiger partial charge < -0.3 is 4.74 Å². The average Bonchev–Trinajstić information content (AvgIpc) is 2.64. The summed E-state index contributed by atoms with van der Waals surface area (Å²) in [4.78, 5) is 25.8. The minimum Gasteiger partial charge on any atom is -0.450 e. The molecule has 0 unspecified atom stereocenters. The molecule has 4 heteroatoms. The van der Waals surface area contributed by atoms with E-state index in [-0.39, 0.29) is 11.9 Å². The van der Waals surface area contributed by atoms with Gasteiger partial charge in [0.15, 0.2) is 0 Å². The first kappa shape index (κ1) is 15.4. The SMILES string of the molecule is CC(=O)O[C@H]1C(=O)N(c2ccc3ccccc3c2)[C@@H]1c1ccccc1. The Morgan fingerprint density at radius 2 is 1.60 bits per heavy atom. The Morgan fingerprint density at radius 3 is 2.32 bits per heavy atom. The Bertz CT molecular complexity index is 952. The Morgan fingerprint density at radius 1 is 0.920 bits per heavy atom. The maximum Gasteiger partial charge on any atom is 0.303 e. The zero-order valence-electron chi connectivity index (χ0n) is 13.8. The molecule has 0 aromatic heterocycles. The topological polar surface area (TPSA) is 46.6 Å². The molecule has 2 atom stereocenters. The van der Waals surface area contributed by atoms with Gasteiger partial charge in [-0.1, -0.05) is 60.7 Å². The fraction of sp³-hybridized carbons (Fsp3) is 0.143. The van der Waals surface area contributed by atoms with Crippen LogP contribution in [0.1, 0.15) is 18.5 Å². The molecule has 0 bridgehead atoms. The van der Waals surface area contributed by atoms with Gasteiger partial charge in [0.05, 0.1) is 0 Å². The van der Waals surface area contributed by atoms with Crippen molar-refractivity contribution in [3.63, 3.8) is 0 Å². The Balaban J connectivity index is 1.75. The minimum absolute atomic E-state index is 0.195. The molecule has 124 valence electrons. The van der Waals surface area contributed by atoms with Crippen LogP contribution in [-0.2, 0) is 14.3 Å². The highest BCUT2D eigenvalue weighted by Gasteiger charge is 2.51. The predicted molar refractivity (Wildman–Crippen MR) is 96.2 cm³/mol. The van der Waals surface area contributed by atoms with Crippen LogP contribution in [0.4, 0.5) is 5.69 Å². The van der Waals surface area contributed by atoms with Crippen LogP contribution in [0, 0.1) is 0 Å². The van der Waals surface area contributed by atoms with E-state index < -0.39 is 12.1 Å². The van der Waals surface area contributed by atoms with Gasteiger partial charge in [0.2, 0.25) is 6.10 Å². The van der Waals surface area contributed by atoms with Gasteiger partial charge in [-0.25, -0.2) is 0 Å². The van der Waals surface area contributed by atoms with Crippen LogP contribution < -0.4 is 4.90 Å². The molecule has 1 fully saturated rings. The summed E-state index contributed by atoms with van der Waals surface area (Å²) in [7, 11) is 0. The number of esters is 1. The molecule has 1 amide bonds. The number of amides is 1. The van der Waals surface area contributed by atoms with E-state index in [1.54, 1.807) is 4.90 Å². The number of nitrogens with zero attached hydrogens (tertiary/aromatic N) is 1. The molecular weight excluding hydrogens is 314 g/mol. The van der Waals surface area contributed by atoms with Crippen LogP contribution in [0.15, 0.2) is 72.8 Å². The number of carbonyl (C=O) groups excluding carboxylic acids is 2. The Labute approximate surface area is 145 Å². The molecule has 0 N–H and O–H groups in total. The largest absolute Gasteiger partial charge is 0.450 e. The number of carbonyl (C=O) groups is 2. The summed E-state index contributed by atoms with van der Waals surface area (Å²) in [5.74, 6) is -0.642. The van der Waals surface area contributed by atoms with Crippen molar-refractivity contribution in [3.8, 4) is 0 Å². The maximum absolute atomic E-state index is 12.7. The molecule has 0 aliphatic carbocycles. The molecule has 3 aromatic rings. The van der Waals surface area contributed by atoms with E-state index in [0.29, 0.717) is 0 Å². The smallest absolute Gasteiger partial charge is 0.303 e. The van der Waals surface area contributed by atoms with Gasteiger partial charge in [0.25, 0.3) is 5.91 Å². The molecule has 0 radical (unpaired) electrons. The first-order chi connectivity index (χ1) is 12.1. The van der Waals surface area contributed by atoms with E-state index in [2.05, 4.69) is 0 Å². The number of ether oxygens (including phenoxy) is 1. The van der Waals surface area contributed by atoms with Gasteiger partial charge >= 0.3 is 5.97 Å². The van der Waals surface area contributed by atoms with Gasteiger partial charge in [-0.05, 0) is 28.5 Å². The average molecular weight is 331 g/mol. The summed E-state index contributed by atoms with van der Waals surface area (Å²) in [6.07, 6.45) is -0.772. The van der Waals surface area contributed by atoms with Crippen molar-refractivity contribution in [1.29, 1.82) is 0 Å². The molecular formula is C21H17NO3. The lowest BCUT2D eigenvalue weighted by molar-refractivity contribution is -0.160. The summed E-state index contributed by atoms with van der Waals surface area (Å²) >= 11 is 0. The molecule has 1 saturated heterocycles. The summed E-state index contributed by atoms with van der Waals surface area (Å²) in [6, 6.07) is 23.3. The van der Waals surface area contributed by atoms with E-state index >= 15 is 0 Å². The van der Waals surface area contributed by atoms with Crippen molar-refractivity contribution >= 4 is 28.3 Å². The second-order valence-corrected chi connectivity index (χ2v) is 6.13. The van der Waals surface area contributed by atoms with Crippen LogP contribution in [-0.4, -0.2) is 18.0 Å². The van der Waals surface area contributed by atoms with Crippen molar-refractivity contribution in [2.45, 2.75) is 19.1 Å². The number of hydrogen-bond donors (Lipinski definition) is 0. The van der Waals surface area contributed by atoms with Gasteiger partial charge in [-0.15, -0.1) is 0 Å². The second kappa shape index (κ2) is 6.06. The number of hydrogen-bond acceptors (Lipinski definition) is 3.